The van der Waals surface area contributed by atoms with E-state index in [4.69, 9.17) is 11.6 Å². The van der Waals surface area contributed by atoms with Crippen molar-refractivity contribution in [2.24, 2.45) is 0 Å². The molecule has 2 heterocycles. The van der Waals surface area contributed by atoms with E-state index in [-0.39, 0.29) is 22.8 Å². The third-order valence-electron chi connectivity index (χ3n) is 5.41. The second-order valence-corrected chi connectivity index (χ2v) is 7.51. The molecule has 1 fully saturated rings. The minimum Gasteiger partial charge on any atom is -0.351 e. The van der Waals surface area contributed by atoms with Crippen molar-refractivity contribution < 1.29 is 14.0 Å². The number of nitrogens with zero attached hydrogens (tertiary/aromatic N) is 2. The molecule has 28 heavy (non-hydrogen) atoms. The van der Waals surface area contributed by atoms with Crippen molar-refractivity contribution in [3.63, 3.8) is 0 Å². The summed E-state index contributed by atoms with van der Waals surface area (Å²) in [5, 5.41) is 2.84. The number of carbonyl (C=O) groups excluding carboxylic acids is 2. The van der Waals surface area contributed by atoms with Gasteiger partial charge >= 0.3 is 0 Å². The van der Waals surface area contributed by atoms with Crippen LogP contribution in [0.5, 0.6) is 0 Å². The van der Waals surface area contributed by atoms with Crippen molar-refractivity contribution in [2.45, 2.75) is 32.4 Å². The fourth-order valence-electron chi connectivity index (χ4n) is 4.05. The largest absolute Gasteiger partial charge is 0.351 e. The van der Waals surface area contributed by atoms with Gasteiger partial charge in [0.05, 0.1) is 16.9 Å². The smallest absolute Gasteiger partial charge is 0.257 e. The molecule has 5 nitrogen and oxygen atoms in total. The number of nitrogens with one attached hydrogen (secondary N) is 1. The number of piperidine rings is 1. The van der Waals surface area contributed by atoms with Crippen molar-refractivity contribution in [1.29, 1.82) is 0 Å². The van der Waals surface area contributed by atoms with Gasteiger partial charge in [-0.1, -0.05) is 11.6 Å². The molecule has 2 aliphatic rings. The topological polar surface area (TPSA) is 52.7 Å². The van der Waals surface area contributed by atoms with Gasteiger partial charge in [0.2, 0.25) is 0 Å². The molecule has 0 aliphatic carbocycles. The number of anilines is 2. The van der Waals surface area contributed by atoms with Crippen LogP contribution in [0.3, 0.4) is 0 Å². The molecule has 1 N–H and O–H groups in total. The second kappa shape index (κ2) is 7.43. The first-order chi connectivity index (χ1) is 13.5. The highest BCUT2D eigenvalue weighted by Crippen LogP contribution is 2.36. The van der Waals surface area contributed by atoms with E-state index in [9.17, 15) is 14.0 Å². The molecule has 0 unspecified atom stereocenters. The highest BCUT2D eigenvalue weighted by atomic mass is 35.5. The SMILES string of the molecule is CCN1c2cc(C(=O)Nc3ccc(Cl)cc3F)ccc2C(=O)N2CCCC[C@H]21. The van der Waals surface area contributed by atoms with Crippen molar-refractivity contribution in [1.82, 2.24) is 4.90 Å². The third-order valence-corrected chi connectivity index (χ3v) is 5.65. The van der Waals surface area contributed by atoms with Crippen LogP contribution in [0.2, 0.25) is 5.02 Å². The minimum atomic E-state index is -0.595. The lowest BCUT2D eigenvalue weighted by Crippen LogP contribution is -2.57. The van der Waals surface area contributed by atoms with Crippen LogP contribution >= 0.6 is 11.6 Å². The molecule has 1 saturated heterocycles. The van der Waals surface area contributed by atoms with Crippen LogP contribution in [-0.4, -0.2) is 36.0 Å². The molecular formula is C21H21ClFN3O2. The van der Waals surface area contributed by atoms with Crippen LogP contribution in [0.4, 0.5) is 15.8 Å². The van der Waals surface area contributed by atoms with Gasteiger partial charge in [-0.2, -0.15) is 0 Å². The zero-order valence-corrected chi connectivity index (χ0v) is 16.3. The summed E-state index contributed by atoms with van der Waals surface area (Å²) in [7, 11) is 0. The summed E-state index contributed by atoms with van der Waals surface area (Å²) in [5.74, 6) is -1.01. The van der Waals surface area contributed by atoms with Crippen molar-refractivity contribution in [2.75, 3.05) is 23.3 Å². The van der Waals surface area contributed by atoms with Crippen LogP contribution in [-0.2, 0) is 0 Å². The van der Waals surface area contributed by atoms with Gasteiger partial charge in [0.15, 0.2) is 0 Å². The Morgan fingerprint density at radius 2 is 2.07 bits per heavy atom. The number of halogens is 2. The first-order valence-corrected chi connectivity index (χ1v) is 9.85. The van der Waals surface area contributed by atoms with Gasteiger partial charge < -0.3 is 15.1 Å². The number of rotatable bonds is 3. The van der Waals surface area contributed by atoms with E-state index in [2.05, 4.69) is 10.2 Å². The summed E-state index contributed by atoms with van der Waals surface area (Å²) >= 11 is 5.76. The van der Waals surface area contributed by atoms with Gasteiger partial charge in [-0.15, -0.1) is 0 Å². The maximum atomic E-state index is 14.0. The molecule has 0 radical (unpaired) electrons. The normalized spacial score (nSPS) is 18.5. The number of hydrogen-bond donors (Lipinski definition) is 1. The molecule has 146 valence electrons. The Morgan fingerprint density at radius 3 is 2.82 bits per heavy atom. The Morgan fingerprint density at radius 1 is 1.25 bits per heavy atom. The quantitative estimate of drug-likeness (QED) is 0.822. The van der Waals surface area contributed by atoms with Crippen LogP contribution in [0.1, 0.15) is 46.9 Å². The Bertz CT molecular complexity index is 949. The van der Waals surface area contributed by atoms with Crippen molar-refractivity contribution >= 4 is 34.8 Å². The fourth-order valence-corrected chi connectivity index (χ4v) is 4.21. The van der Waals surface area contributed by atoms with Crippen molar-refractivity contribution in [3.8, 4) is 0 Å². The van der Waals surface area contributed by atoms with Gasteiger partial charge in [0.1, 0.15) is 12.0 Å². The molecule has 2 aromatic carbocycles. The molecule has 2 aromatic rings. The summed E-state index contributed by atoms with van der Waals surface area (Å²) in [5.41, 5.74) is 1.81. The lowest BCUT2D eigenvalue weighted by Gasteiger charge is -2.47. The second-order valence-electron chi connectivity index (χ2n) is 7.07. The van der Waals surface area contributed by atoms with Gasteiger partial charge in [-0.3, -0.25) is 9.59 Å². The lowest BCUT2D eigenvalue weighted by atomic mass is 9.97. The van der Waals surface area contributed by atoms with Gasteiger partial charge in [0.25, 0.3) is 11.8 Å². The average molecular weight is 402 g/mol. The van der Waals surface area contributed by atoms with E-state index in [1.165, 1.54) is 12.1 Å². The standard InChI is InChI=1S/C21H21ClFN3O2/c1-2-25-18-11-13(20(27)24-17-9-7-14(22)12-16(17)23)6-8-15(18)21(28)26-10-4-3-5-19(25)26/h6-9,11-12,19H,2-5,10H2,1H3,(H,24,27)/t19-/m0/s1. The first-order valence-electron chi connectivity index (χ1n) is 9.47. The number of hydrogen-bond acceptors (Lipinski definition) is 3. The molecule has 0 saturated carbocycles. The molecule has 1 atom stereocenters. The fraction of sp³-hybridized carbons (Fsp3) is 0.333. The number of amides is 2. The predicted molar refractivity (Wildman–Crippen MR) is 108 cm³/mol. The van der Waals surface area contributed by atoms with Crippen LogP contribution < -0.4 is 10.2 Å². The molecule has 2 aliphatic heterocycles. The average Bonchev–Trinajstić information content (AvgIpc) is 2.70. The number of benzene rings is 2. The zero-order valence-electron chi connectivity index (χ0n) is 15.5. The summed E-state index contributed by atoms with van der Waals surface area (Å²) in [6, 6.07) is 9.12. The molecule has 0 bridgehead atoms. The molecular weight excluding hydrogens is 381 g/mol. The summed E-state index contributed by atoms with van der Waals surface area (Å²) in [6.07, 6.45) is 3.05. The van der Waals surface area contributed by atoms with Gasteiger partial charge in [-0.05, 0) is 62.6 Å². The third kappa shape index (κ3) is 3.22. The summed E-state index contributed by atoms with van der Waals surface area (Å²) < 4.78 is 14.0. The van der Waals surface area contributed by atoms with E-state index in [1.807, 2.05) is 11.8 Å². The van der Waals surface area contributed by atoms with E-state index in [0.717, 1.165) is 44.1 Å². The van der Waals surface area contributed by atoms with Crippen LogP contribution in [0.25, 0.3) is 0 Å². The van der Waals surface area contributed by atoms with Crippen LogP contribution in [0, 0.1) is 5.82 Å². The van der Waals surface area contributed by atoms with E-state index in [0.29, 0.717) is 11.1 Å². The Balaban J connectivity index is 1.66. The van der Waals surface area contributed by atoms with Gasteiger partial charge in [-0.25, -0.2) is 4.39 Å². The first kappa shape index (κ1) is 18.7. The van der Waals surface area contributed by atoms with E-state index in [1.54, 1.807) is 18.2 Å². The van der Waals surface area contributed by atoms with Gasteiger partial charge in [0, 0.05) is 23.7 Å². The maximum absolute atomic E-state index is 14.0. The van der Waals surface area contributed by atoms with E-state index >= 15 is 0 Å². The zero-order chi connectivity index (χ0) is 19.8. The summed E-state index contributed by atoms with van der Waals surface area (Å²) in [4.78, 5) is 29.7. The lowest BCUT2D eigenvalue weighted by molar-refractivity contribution is 0.0582. The maximum Gasteiger partial charge on any atom is 0.257 e. The van der Waals surface area contributed by atoms with Crippen molar-refractivity contribution in [3.05, 3.63) is 58.4 Å². The Labute approximate surface area is 168 Å². The monoisotopic (exact) mass is 401 g/mol. The molecule has 4 rings (SSSR count). The van der Waals surface area contributed by atoms with E-state index < -0.39 is 11.7 Å². The Hall–Kier alpha value is -2.60. The minimum absolute atomic E-state index is 0.0140. The number of fused-ring (bicyclic) bond motifs is 2. The number of carbonyl (C=O) groups is 2. The molecule has 0 aromatic heterocycles. The van der Waals surface area contributed by atoms with Crippen LogP contribution in [0.15, 0.2) is 36.4 Å². The highest BCUT2D eigenvalue weighted by Gasteiger charge is 2.38. The highest BCUT2D eigenvalue weighted by molar-refractivity contribution is 6.30. The molecule has 7 heteroatoms. The molecule has 2 amide bonds. The summed E-state index contributed by atoms with van der Waals surface area (Å²) in [6.45, 7) is 3.54. The molecule has 0 spiro atoms. The predicted octanol–water partition coefficient (Wildman–Crippen LogP) is 4.52. The Kier molecular flexibility index (Phi) is 4.98.